The molecule has 0 heterocycles. The number of hydrogen-bond donors (Lipinski definition) is 0. The SMILES string of the molecule is [CH3][Sn]([C](F)(F)C(F)F)[C](F)(F)C(F)F. The molecule has 0 fully saturated rings. The Bertz CT molecular complexity index is 170. The predicted molar refractivity (Wildman–Crippen MR) is 33.5 cm³/mol. The first-order valence-corrected chi connectivity index (χ1v) is 8.91. The average molecular weight is 336 g/mol. The summed E-state index contributed by atoms with van der Waals surface area (Å²) in [6.07, 6.45) is -8.63. The fourth-order valence-electron chi connectivity index (χ4n) is 0.550. The molecule has 9 heteroatoms. The van der Waals surface area contributed by atoms with E-state index in [1.807, 2.05) is 0 Å². The van der Waals surface area contributed by atoms with Gasteiger partial charge in [-0.15, -0.1) is 0 Å². The van der Waals surface area contributed by atoms with Crippen molar-refractivity contribution >= 4 is 19.8 Å². The first kappa shape index (κ1) is 14.2. The minimum atomic E-state index is -5.52. The second-order valence-electron chi connectivity index (χ2n) is 2.47. The van der Waals surface area contributed by atoms with Gasteiger partial charge in [0.05, 0.1) is 0 Å². The Morgan fingerprint density at radius 1 is 0.786 bits per heavy atom. The molecule has 14 heavy (non-hydrogen) atoms. The number of halogens is 8. The van der Waals surface area contributed by atoms with Crippen molar-refractivity contribution in [1.82, 2.24) is 0 Å². The summed E-state index contributed by atoms with van der Waals surface area (Å²) in [6, 6.07) is 0. The van der Waals surface area contributed by atoms with E-state index in [0.717, 1.165) is 0 Å². The van der Waals surface area contributed by atoms with Gasteiger partial charge in [-0.1, -0.05) is 0 Å². The summed E-state index contributed by atoms with van der Waals surface area (Å²) in [5.74, 6) is 0. The zero-order valence-electron chi connectivity index (χ0n) is 6.68. The van der Waals surface area contributed by atoms with Gasteiger partial charge in [0.25, 0.3) is 0 Å². The second-order valence-corrected chi connectivity index (χ2v) is 9.85. The van der Waals surface area contributed by atoms with Crippen molar-refractivity contribution in [2.75, 3.05) is 0 Å². The molecule has 0 aliphatic carbocycles. The molecule has 0 saturated heterocycles. The van der Waals surface area contributed by atoms with Gasteiger partial charge in [0, 0.05) is 0 Å². The Hall–Kier alpha value is 0.239. The third-order valence-corrected chi connectivity index (χ3v) is 8.50. The van der Waals surface area contributed by atoms with Gasteiger partial charge >= 0.3 is 80.6 Å². The first-order chi connectivity index (χ1) is 6.04. The number of rotatable bonds is 4. The van der Waals surface area contributed by atoms with Crippen LogP contribution in [0, 0.1) is 0 Å². The minimum absolute atomic E-state index is 0.153. The van der Waals surface area contributed by atoms with Crippen molar-refractivity contribution in [2.24, 2.45) is 0 Å². The molecule has 0 aromatic heterocycles. The van der Waals surface area contributed by atoms with Crippen LogP contribution in [0.2, 0.25) is 4.94 Å². The summed E-state index contributed by atoms with van der Waals surface area (Å²) >= 11 is -5.52. The summed E-state index contributed by atoms with van der Waals surface area (Å²) in [7, 11) is 0. The molecule has 0 unspecified atom stereocenters. The normalized spacial score (nSPS) is 14.6. The maximum atomic E-state index is 12.3. The van der Waals surface area contributed by atoms with Crippen LogP contribution in [-0.4, -0.2) is 40.5 Å². The Labute approximate surface area is 81.0 Å². The van der Waals surface area contributed by atoms with Gasteiger partial charge < -0.3 is 0 Å². The summed E-state index contributed by atoms with van der Waals surface area (Å²) in [5, 5.41) is 0. The molecule has 0 aromatic rings. The van der Waals surface area contributed by atoms with Crippen molar-refractivity contribution in [1.29, 1.82) is 0 Å². The monoisotopic (exact) mass is 337 g/mol. The zero-order chi connectivity index (χ0) is 11.7. The van der Waals surface area contributed by atoms with E-state index in [9.17, 15) is 35.1 Å². The van der Waals surface area contributed by atoms with Crippen LogP contribution in [0.5, 0.6) is 0 Å². The van der Waals surface area contributed by atoms with Gasteiger partial charge in [0.15, 0.2) is 0 Å². The van der Waals surface area contributed by atoms with Crippen molar-refractivity contribution in [3.8, 4) is 0 Å². The van der Waals surface area contributed by atoms with E-state index in [4.69, 9.17) is 0 Å². The van der Waals surface area contributed by atoms with E-state index in [-0.39, 0.29) is 4.94 Å². The molecule has 0 aliphatic heterocycles. The molecule has 0 atom stereocenters. The first-order valence-electron chi connectivity index (χ1n) is 3.21. The molecule has 0 saturated carbocycles. The molecule has 0 aromatic carbocycles. The van der Waals surface area contributed by atoms with Gasteiger partial charge in [0.1, 0.15) is 0 Å². The van der Waals surface area contributed by atoms with E-state index in [0.29, 0.717) is 0 Å². The van der Waals surface area contributed by atoms with Gasteiger partial charge in [-0.25, -0.2) is 0 Å². The van der Waals surface area contributed by atoms with E-state index < -0.39 is 40.5 Å². The van der Waals surface area contributed by atoms with E-state index in [1.165, 1.54) is 0 Å². The summed E-state index contributed by atoms with van der Waals surface area (Å²) in [4.78, 5) is 0.153. The fraction of sp³-hybridized carbons (Fsp3) is 1.00. The molecular formula is C5H5F8Sn. The van der Waals surface area contributed by atoms with Crippen molar-refractivity contribution in [3.05, 3.63) is 0 Å². The molecule has 0 nitrogen and oxygen atoms in total. The van der Waals surface area contributed by atoms with Crippen LogP contribution >= 0.6 is 0 Å². The molecule has 0 spiro atoms. The molecule has 0 aliphatic rings. The molecule has 85 valence electrons. The van der Waals surface area contributed by atoms with Gasteiger partial charge in [-0.05, 0) is 0 Å². The number of hydrogen-bond acceptors (Lipinski definition) is 0. The van der Waals surface area contributed by atoms with Crippen LogP contribution in [0.3, 0.4) is 0 Å². The molecule has 0 N–H and O–H groups in total. The van der Waals surface area contributed by atoms with E-state index in [2.05, 4.69) is 0 Å². The molecule has 0 bridgehead atoms. The van der Waals surface area contributed by atoms with Gasteiger partial charge in [-0.2, -0.15) is 0 Å². The van der Waals surface area contributed by atoms with Gasteiger partial charge in [-0.3, -0.25) is 0 Å². The zero-order valence-corrected chi connectivity index (χ0v) is 9.53. The summed E-state index contributed by atoms with van der Waals surface area (Å²) < 4.78 is 85.7. The Morgan fingerprint density at radius 2 is 1.00 bits per heavy atom. The van der Waals surface area contributed by atoms with E-state index in [1.54, 1.807) is 0 Å². The molecule has 0 rings (SSSR count). The van der Waals surface area contributed by atoms with Gasteiger partial charge in [0.2, 0.25) is 0 Å². The van der Waals surface area contributed by atoms with Crippen molar-refractivity contribution in [3.63, 3.8) is 0 Å². The summed E-state index contributed by atoms with van der Waals surface area (Å²) in [6.45, 7) is 0. The molecule has 0 amide bonds. The second kappa shape index (κ2) is 4.40. The Kier molecular flexibility index (Phi) is 4.47. The van der Waals surface area contributed by atoms with Crippen LogP contribution in [0.15, 0.2) is 0 Å². The quantitative estimate of drug-likeness (QED) is 0.547. The average Bonchev–Trinajstić information content (AvgIpc) is 2.02. The van der Waals surface area contributed by atoms with Crippen LogP contribution in [0.4, 0.5) is 35.1 Å². The van der Waals surface area contributed by atoms with Crippen LogP contribution < -0.4 is 0 Å². The van der Waals surface area contributed by atoms with E-state index >= 15 is 0 Å². The van der Waals surface area contributed by atoms with Crippen LogP contribution in [-0.2, 0) is 0 Å². The molecule has 1 radical (unpaired) electrons. The Balaban J connectivity index is 4.85. The van der Waals surface area contributed by atoms with Crippen LogP contribution in [0.25, 0.3) is 0 Å². The third kappa shape index (κ3) is 2.63. The maximum absolute atomic E-state index is 12.3. The van der Waals surface area contributed by atoms with Crippen molar-refractivity contribution in [2.45, 2.75) is 25.7 Å². The third-order valence-electron chi connectivity index (χ3n) is 1.55. The fourth-order valence-corrected chi connectivity index (χ4v) is 3.69. The predicted octanol–water partition coefficient (Wildman–Crippen LogP) is 2.99. The Morgan fingerprint density at radius 3 is 1.14 bits per heavy atom. The molecular weight excluding hydrogens is 331 g/mol. The standard InChI is InChI=1S/2C2HF4.CH3.Sn/c2*3-1(4)2(5)6;;/h2*1H;1H3;. The number of alkyl halides is 8. The summed E-state index contributed by atoms with van der Waals surface area (Å²) in [5.41, 5.74) is 0. The van der Waals surface area contributed by atoms with Crippen molar-refractivity contribution < 1.29 is 35.1 Å². The topological polar surface area (TPSA) is 0 Å². The van der Waals surface area contributed by atoms with Crippen LogP contribution in [0.1, 0.15) is 0 Å².